The van der Waals surface area contributed by atoms with Crippen molar-refractivity contribution < 1.29 is 0 Å². The molecule has 2 rings (SSSR count). The number of rotatable bonds is 7. The van der Waals surface area contributed by atoms with E-state index in [0.29, 0.717) is 17.7 Å². The maximum atomic E-state index is 6.05. The Hall–Kier alpha value is -1.50. The molecule has 0 spiro atoms. The zero-order valence-electron chi connectivity index (χ0n) is 14.0. The minimum absolute atomic E-state index is 0.197. The van der Waals surface area contributed by atoms with E-state index in [1.807, 2.05) is 30.9 Å². The maximum Gasteiger partial charge on any atom is 0.220 e. The van der Waals surface area contributed by atoms with Crippen LogP contribution in [0.4, 0.5) is 5.69 Å². The van der Waals surface area contributed by atoms with E-state index < -0.39 is 5.66 Å². The standard InChI is InChI=1S/C16H24Cl2N6/c1-16(2)22-14(19)21-15(20)24(16)13-5-3-12(4-6-13)11-23(9-7-17)10-8-18/h3-6H,7-11H2,1-2H3,(H4,19,20,21,22). The summed E-state index contributed by atoms with van der Waals surface area (Å²) in [4.78, 5) is 12.5. The van der Waals surface area contributed by atoms with Gasteiger partial charge in [-0.15, -0.1) is 23.2 Å². The minimum atomic E-state index is -0.583. The summed E-state index contributed by atoms with van der Waals surface area (Å²) in [7, 11) is 0. The van der Waals surface area contributed by atoms with Gasteiger partial charge < -0.3 is 11.5 Å². The number of hydrogen-bond acceptors (Lipinski definition) is 6. The summed E-state index contributed by atoms with van der Waals surface area (Å²) in [6, 6.07) is 8.15. The first kappa shape index (κ1) is 18.8. The second-order valence-corrected chi connectivity index (χ2v) is 6.85. The fourth-order valence-electron chi connectivity index (χ4n) is 2.77. The summed E-state index contributed by atoms with van der Waals surface area (Å²) in [5, 5.41) is 0. The molecule has 0 aliphatic carbocycles. The molecule has 0 bridgehead atoms. The van der Waals surface area contributed by atoms with Gasteiger partial charge >= 0.3 is 0 Å². The predicted octanol–water partition coefficient (Wildman–Crippen LogP) is 2.15. The number of hydrogen-bond donors (Lipinski definition) is 2. The van der Waals surface area contributed by atoms with Crippen LogP contribution in [0.2, 0.25) is 0 Å². The molecule has 0 amide bonds. The van der Waals surface area contributed by atoms with Gasteiger partial charge in [-0.05, 0) is 31.5 Å². The fourth-order valence-corrected chi connectivity index (χ4v) is 3.25. The molecule has 1 aliphatic rings. The molecular formula is C16H24Cl2N6. The average molecular weight is 371 g/mol. The van der Waals surface area contributed by atoms with Crippen LogP contribution in [0.5, 0.6) is 0 Å². The van der Waals surface area contributed by atoms with Crippen LogP contribution in [0, 0.1) is 0 Å². The van der Waals surface area contributed by atoms with Crippen molar-refractivity contribution >= 4 is 40.8 Å². The second kappa shape index (κ2) is 8.05. The molecule has 0 saturated carbocycles. The summed E-state index contributed by atoms with van der Waals surface area (Å²) >= 11 is 11.7. The number of alkyl halides is 2. The van der Waals surface area contributed by atoms with Crippen molar-refractivity contribution in [2.24, 2.45) is 21.5 Å². The van der Waals surface area contributed by atoms with E-state index in [9.17, 15) is 0 Å². The van der Waals surface area contributed by atoms with Crippen molar-refractivity contribution in [3.8, 4) is 0 Å². The number of nitrogens with two attached hydrogens (primary N) is 2. The molecule has 6 nitrogen and oxygen atoms in total. The topological polar surface area (TPSA) is 83.2 Å². The molecule has 4 N–H and O–H groups in total. The summed E-state index contributed by atoms with van der Waals surface area (Å²) in [5.41, 5.74) is 13.3. The van der Waals surface area contributed by atoms with Gasteiger partial charge in [0.05, 0.1) is 0 Å². The van der Waals surface area contributed by atoms with Gasteiger partial charge in [0.15, 0.2) is 0 Å². The lowest BCUT2D eigenvalue weighted by Crippen LogP contribution is -2.54. The predicted molar refractivity (Wildman–Crippen MR) is 103 cm³/mol. The third kappa shape index (κ3) is 4.53. The van der Waals surface area contributed by atoms with Gasteiger partial charge in [0, 0.05) is 37.1 Å². The van der Waals surface area contributed by atoms with Crippen LogP contribution < -0.4 is 16.4 Å². The smallest absolute Gasteiger partial charge is 0.220 e. The van der Waals surface area contributed by atoms with E-state index in [0.717, 1.165) is 25.3 Å². The highest BCUT2D eigenvalue weighted by molar-refractivity contribution is 6.18. The van der Waals surface area contributed by atoms with Crippen LogP contribution in [-0.4, -0.2) is 47.3 Å². The number of benzene rings is 1. The van der Waals surface area contributed by atoms with Crippen molar-refractivity contribution in [1.82, 2.24) is 4.90 Å². The van der Waals surface area contributed by atoms with E-state index in [1.165, 1.54) is 5.56 Å². The van der Waals surface area contributed by atoms with E-state index >= 15 is 0 Å². The number of anilines is 1. The third-order valence-electron chi connectivity index (χ3n) is 3.80. The first-order chi connectivity index (χ1) is 11.4. The lowest BCUT2D eigenvalue weighted by Gasteiger charge is -2.38. The second-order valence-electron chi connectivity index (χ2n) is 6.09. The van der Waals surface area contributed by atoms with E-state index in [2.05, 4.69) is 27.0 Å². The zero-order chi connectivity index (χ0) is 17.7. The number of halogens is 2. The molecule has 0 atom stereocenters. The molecule has 8 heteroatoms. The molecular weight excluding hydrogens is 347 g/mol. The molecule has 1 aromatic carbocycles. The lowest BCUT2D eigenvalue weighted by atomic mass is 10.1. The van der Waals surface area contributed by atoms with Crippen LogP contribution >= 0.6 is 23.2 Å². The molecule has 132 valence electrons. The first-order valence-electron chi connectivity index (χ1n) is 7.80. The molecule has 24 heavy (non-hydrogen) atoms. The van der Waals surface area contributed by atoms with Crippen molar-refractivity contribution in [2.75, 3.05) is 29.7 Å². The molecule has 0 radical (unpaired) electrons. The highest BCUT2D eigenvalue weighted by atomic mass is 35.5. The van der Waals surface area contributed by atoms with Gasteiger partial charge in [0.1, 0.15) is 5.66 Å². The summed E-state index contributed by atoms with van der Waals surface area (Å²) in [6.07, 6.45) is 0. The summed E-state index contributed by atoms with van der Waals surface area (Å²) < 4.78 is 0. The number of nitrogens with zero attached hydrogens (tertiary/aromatic N) is 4. The van der Waals surface area contributed by atoms with E-state index in [4.69, 9.17) is 34.7 Å². The highest BCUT2D eigenvalue weighted by Gasteiger charge is 2.32. The maximum absolute atomic E-state index is 6.05. The van der Waals surface area contributed by atoms with Crippen molar-refractivity contribution in [3.63, 3.8) is 0 Å². The number of aliphatic imine (C=N–C) groups is 2. The molecule has 1 heterocycles. The normalized spacial score (nSPS) is 17.0. The minimum Gasteiger partial charge on any atom is -0.369 e. The Morgan fingerprint density at radius 3 is 2.17 bits per heavy atom. The number of guanidine groups is 2. The zero-order valence-corrected chi connectivity index (χ0v) is 15.6. The van der Waals surface area contributed by atoms with Crippen LogP contribution in [0.25, 0.3) is 0 Å². The average Bonchev–Trinajstić information content (AvgIpc) is 2.47. The van der Waals surface area contributed by atoms with Crippen LogP contribution in [0.3, 0.4) is 0 Å². The largest absolute Gasteiger partial charge is 0.369 e. The summed E-state index contributed by atoms with van der Waals surface area (Å²) in [6.45, 7) is 6.30. The van der Waals surface area contributed by atoms with Crippen LogP contribution in [0.15, 0.2) is 34.3 Å². The monoisotopic (exact) mass is 370 g/mol. The van der Waals surface area contributed by atoms with E-state index in [1.54, 1.807) is 0 Å². The SMILES string of the molecule is CC1(C)N=C(N)N=C(N)N1c1ccc(CN(CCCl)CCCl)cc1. The molecule has 0 aromatic heterocycles. The first-order valence-corrected chi connectivity index (χ1v) is 8.87. The fraction of sp³-hybridized carbons (Fsp3) is 0.500. The molecule has 0 fully saturated rings. The van der Waals surface area contributed by atoms with Crippen molar-refractivity contribution in [1.29, 1.82) is 0 Å². The highest BCUT2D eigenvalue weighted by Crippen LogP contribution is 2.27. The molecule has 1 aliphatic heterocycles. The Morgan fingerprint density at radius 1 is 1.08 bits per heavy atom. The molecule has 1 aromatic rings. The Bertz CT molecular complexity index is 605. The Balaban J connectivity index is 2.16. The Morgan fingerprint density at radius 2 is 1.67 bits per heavy atom. The lowest BCUT2D eigenvalue weighted by molar-refractivity contribution is 0.299. The molecule has 0 unspecified atom stereocenters. The summed E-state index contributed by atoms with van der Waals surface area (Å²) in [5.74, 6) is 1.71. The van der Waals surface area contributed by atoms with Crippen LogP contribution in [0.1, 0.15) is 19.4 Å². The van der Waals surface area contributed by atoms with Gasteiger partial charge in [-0.2, -0.15) is 4.99 Å². The van der Waals surface area contributed by atoms with E-state index in [-0.39, 0.29) is 5.96 Å². The third-order valence-corrected chi connectivity index (χ3v) is 4.13. The molecule has 0 saturated heterocycles. The van der Waals surface area contributed by atoms with Crippen molar-refractivity contribution in [3.05, 3.63) is 29.8 Å². The van der Waals surface area contributed by atoms with Gasteiger partial charge in [-0.1, -0.05) is 12.1 Å². The van der Waals surface area contributed by atoms with Gasteiger partial charge in [-0.25, -0.2) is 4.99 Å². The quantitative estimate of drug-likeness (QED) is 0.720. The van der Waals surface area contributed by atoms with Gasteiger partial charge in [0.25, 0.3) is 0 Å². The van der Waals surface area contributed by atoms with Gasteiger partial charge in [0.2, 0.25) is 11.9 Å². The Kier molecular flexibility index (Phi) is 6.32. The van der Waals surface area contributed by atoms with Gasteiger partial charge in [-0.3, -0.25) is 9.80 Å². The van der Waals surface area contributed by atoms with Crippen LogP contribution in [-0.2, 0) is 6.54 Å². The van der Waals surface area contributed by atoms with Crippen molar-refractivity contribution in [2.45, 2.75) is 26.1 Å². The Labute approximate surface area is 153 Å².